The average molecular weight is 418 g/mol. The van der Waals surface area contributed by atoms with E-state index in [-0.39, 0.29) is 5.56 Å². The molecule has 0 aliphatic rings. The summed E-state index contributed by atoms with van der Waals surface area (Å²) >= 11 is 1.61. The monoisotopic (exact) mass is 418 g/mol. The maximum atomic E-state index is 13.8. The molecule has 30 heavy (non-hydrogen) atoms. The summed E-state index contributed by atoms with van der Waals surface area (Å²) in [6.45, 7) is 3.65. The number of anilines is 1. The summed E-state index contributed by atoms with van der Waals surface area (Å²) in [5, 5.41) is 3.64. The number of aryl methyl sites for hydroxylation is 1. The first kappa shape index (κ1) is 19.8. The quantitative estimate of drug-likeness (QED) is 0.463. The van der Waals surface area contributed by atoms with Crippen LogP contribution in [0.15, 0.2) is 60.9 Å². The number of thiazole rings is 1. The molecule has 4 rings (SSSR count). The molecule has 150 valence electrons. The van der Waals surface area contributed by atoms with E-state index in [0.717, 1.165) is 27.6 Å². The van der Waals surface area contributed by atoms with Crippen LogP contribution in [0.1, 0.15) is 27.7 Å². The molecular weight excluding hydrogens is 399 g/mol. The van der Waals surface area contributed by atoms with Crippen molar-refractivity contribution < 1.29 is 9.18 Å². The minimum atomic E-state index is -0.414. The molecule has 4 aromatic rings. The van der Waals surface area contributed by atoms with Crippen molar-refractivity contribution >= 4 is 23.1 Å². The van der Waals surface area contributed by atoms with Gasteiger partial charge in [-0.2, -0.15) is 0 Å². The molecule has 5 nitrogen and oxygen atoms in total. The third kappa shape index (κ3) is 3.97. The molecule has 0 saturated heterocycles. The van der Waals surface area contributed by atoms with Gasteiger partial charge in [0.15, 0.2) is 0 Å². The van der Waals surface area contributed by atoms with E-state index in [4.69, 9.17) is 4.98 Å². The number of benzene rings is 1. The van der Waals surface area contributed by atoms with Crippen molar-refractivity contribution in [3.63, 3.8) is 0 Å². The predicted octanol–water partition coefficient (Wildman–Crippen LogP) is 5.53. The zero-order valence-corrected chi connectivity index (χ0v) is 17.3. The molecule has 3 heterocycles. The van der Waals surface area contributed by atoms with Crippen LogP contribution in [-0.2, 0) is 6.42 Å². The molecule has 0 aliphatic heterocycles. The lowest BCUT2D eigenvalue weighted by atomic mass is 10.1. The van der Waals surface area contributed by atoms with Gasteiger partial charge in [0.2, 0.25) is 0 Å². The number of nitrogens with one attached hydrogen (secondary N) is 1. The SMILES string of the molecule is CCc1sc(-c2cccnc2)nc1-c1cccc(NC(=O)c2cccc(F)c2C)n1. The molecule has 0 saturated carbocycles. The molecule has 1 aromatic carbocycles. The summed E-state index contributed by atoms with van der Waals surface area (Å²) in [7, 11) is 0. The highest BCUT2D eigenvalue weighted by molar-refractivity contribution is 7.15. The molecule has 0 atom stereocenters. The van der Waals surface area contributed by atoms with E-state index in [2.05, 4.69) is 22.2 Å². The first-order chi connectivity index (χ1) is 14.6. The van der Waals surface area contributed by atoms with Gasteiger partial charge in [0, 0.05) is 28.4 Å². The van der Waals surface area contributed by atoms with Crippen LogP contribution in [0.2, 0.25) is 0 Å². The van der Waals surface area contributed by atoms with Gasteiger partial charge in [0.05, 0.1) is 5.69 Å². The molecule has 0 spiro atoms. The first-order valence-corrected chi connectivity index (χ1v) is 10.3. The fraction of sp³-hybridized carbons (Fsp3) is 0.130. The topological polar surface area (TPSA) is 67.8 Å². The van der Waals surface area contributed by atoms with Gasteiger partial charge in [-0.25, -0.2) is 14.4 Å². The number of aromatic nitrogens is 3. The van der Waals surface area contributed by atoms with Gasteiger partial charge < -0.3 is 5.32 Å². The molecule has 7 heteroatoms. The van der Waals surface area contributed by atoms with Crippen molar-refractivity contribution in [2.45, 2.75) is 20.3 Å². The number of rotatable bonds is 5. The molecule has 0 aliphatic carbocycles. The Balaban J connectivity index is 1.65. The number of hydrogen-bond acceptors (Lipinski definition) is 5. The second kappa shape index (κ2) is 8.51. The van der Waals surface area contributed by atoms with Gasteiger partial charge >= 0.3 is 0 Å². The minimum absolute atomic E-state index is 0.281. The lowest BCUT2D eigenvalue weighted by Crippen LogP contribution is -2.15. The van der Waals surface area contributed by atoms with E-state index in [9.17, 15) is 9.18 Å². The van der Waals surface area contributed by atoms with Crippen molar-refractivity contribution in [1.29, 1.82) is 0 Å². The Kier molecular flexibility index (Phi) is 5.63. The third-order valence-corrected chi connectivity index (χ3v) is 5.92. The summed E-state index contributed by atoms with van der Waals surface area (Å²) in [5.41, 5.74) is 3.00. The van der Waals surface area contributed by atoms with Gasteiger partial charge in [0.1, 0.15) is 22.3 Å². The van der Waals surface area contributed by atoms with Gasteiger partial charge in [0.25, 0.3) is 5.91 Å². The largest absolute Gasteiger partial charge is 0.307 e. The van der Waals surface area contributed by atoms with Crippen molar-refractivity contribution in [1.82, 2.24) is 15.0 Å². The van der Waals surface area contributed by atoms with Crippen LogP contribution in [0.4, 0.5) is 10.2 Å². The number of halogens is 1. The number of amides is 1. The Labute approximate surface area is 177 Å². The fourth-order valence-electron chi connectivity index (χ4n) is 3.08. The van der Waals surface area contributed by atoms with Crippen LogP contribution in [0, 0.1) is 12.7 Å². The lowest BCUT2D eigenvalue weighted by molar-refractivity contribution is 0.102. The summed E-state index contributed by atoms with van der Waals surface area (Å²) < 4.78 is 13.8. The Morgan fingerprint density at radius 1 is 1.10 bits per heavy atom. The molecule has 3 aromatic heterocycles. The zero-order chi connectivity index (χ0) is 21.1. The van der Waals surface area contributed by atoms with Crippen molar-refractivity contribution in [3.8, 4) is 22.0 Å². The Morgan fingerprint density at radius 3 is 2.70 bits per heavy atom. The van der Waals surface area contributed by atoms with E-state index in [1.165, 1.54) is 12.1 Å². The maximum absolute atomic E-state index is 13.8. The predicted molar refractivity (Wildman–Crippen MR) is 117 cm³/mol. The minimum Gasteiger partial charge on any atom is -0.307 e. The highest BCUT2D eigenvalue weighted by Crippen LogP contribution is 2.33. The molecule has 0 unspecified atom stereocenters. The zero-order valence-electron chi connectivity index (χ0n) is 16.5. The standard InChI is InChI=1S/C23H19FN4OS/c1-3-19-21(28-23(30-19)15-7-6-12-25-13-15)18-10-5-11-20(26-18)27-22(29)16-8-4-9-17(24)14(16)2/h4-13H,3H2,1-2H3,(H,26,27,29). The van der Waals surface area contributed by atoms with Crippen molar-refractivity contribution in [2.75, 3.05) is 5.32 Å². The van der Waals surface area contributed by atoms with Gasteiger partial charge in [-0.15, -0.1) is 11.3 Å². The molecule has 0 bridgehead atoms. The molecule has 1 N–H and O–H groups in total. The van der Waals surface area contributed by atoms with Crippen LogP contribution >= 0.6 is 11.3 Å². The Morgan fingerprint density at radius 2 is 1.93 bits per heavy atom. The van der Waals surface area contributed by atoms with E-state index < -0.39 is 11.7 Å². The van der Waals surface area contributed by atoms with E-state index in [1.54, 1.807) is 42.8 Å². The molecular formula is C23H19FN4OS. The van der Waals surface area contributed by atoms with E-state index in [1.807, 2.05) is 24.3 Å². The lowest BCUT2D eigenvalue weighted by Gasteiger charge is -2.09. The number of nitrogens with zero attached hydrogens (tertiary/aromatic N) is 3. The summed E-state index contributed by atoms with van der Waals surface area (Å²) in [6.07, 6.45) is 4.33. The highest BCUT2D eigenvalue weighted by atomic mass is 32.1. The van der Waals surface area contributed by atoms with Gasteiger partial charge in [-0.3, -0.25) is 9.78 Å². The smallest absolute Gasteiger partial charge is 0.257 e. The van der Waals surface area contributed by atoms with Crippen LogP contribution in [-0.4, -0.2) is 20.9 Å². The third-order valence-electron chi connectivity index (χ3n) is 4.67. The normalized spacial score (nSPS) is 10.8. The second-order valence-corrected chi connectivity index (χ2v) is 7.74. The fourth-order valence-corrected chi connectivity index (χ4v) is 4.08. The van der Waals surface area contributed by atoms with Crippen LogP contribution < -0.4 is 5.32 Å². The first-order valence-electron chi connectivity index (χ1n) is 9.50. The maximum Gasteiger partial charge on any atom is 0.257 e. The molecule has 1 amide bonds. The average Bonchev–Trinajstić information content (AvgIpc) is 3.21. The van der Waals surface area contributed by atoms with Crippen LogP contribution in [0.3, 0.4) is 0 Å². The number of hydrogen-bond donors (Lipinski definition) is 1. The summed E-state index contributed by atoms with van der Waals surface area (Å²) in [4.78, 5) is 27.2. The molecule has 0 radical (unpaired) electrons. The van der Waals surface area contributed by atoms with Crippen LogP contribution in [0.25, 0.3) is 22.0 Å². The molecule has 0 fully saturated rings. The van der Waals surface area contributed by atoms with E-state index in [0.29, 0.717) is 17.1 Å². The number of carbonyl (C=O) groups excluding carboxylic acids is 1. The number of pyridine rings is 2. The summed E-state index contributed by atoms with van der Waals surface area (Å²) in [5.74, 6) is -0.428. The highest BCUT2D eigenvalue weighted by Gasteiger charge is 2.16. The number of carbonyl (C=O) groups is 1. The Hall–Kier alpha value is -3.45. The van der Waals surface area contributed by atoms with Gasteiger partial charge in [-0.05, 0) is 55.3 Å². The van der Waals surface area contributed by atoms with Crippen LogP contribution in [0.5, 0.6) is 0 Å². The van der Waals surface area contributed by atoms with Gasteiger partial charge in [-0.1, -0.05) is 19.1 Å². The Bertz CT molecular complexity index is 1210. The second-order valence-electron chi connectivity index (χ2n) is 6.66. The van der Waals surface area contributed by atoms with Crippen molar-refractivity contribution in [3.05, 3.63) is 82.7 Å². The van der Waals surface area contributed by atoms with Crippen molar-refractivity contribution in [2.24, 2.45) is 0 Å². The van der Waals surface area contributed by atoms with E-state index >= 15 is 0 Å². The summed E-state index contributed by atoms with van der Waals surface area (Å²) in [6, 6.07) is 13.7.